The average molecular weight is 291 g/mol. The lowest BCUT2D eigenvalue weighted by atomic mass is 10.0. The largest absolute Gasteiger partial charge is 0.481 e. The molecule has 1 aromatic carbocycles. The van der Waals surface area contributed by atoms with E-state index in [1.807, 2.05) is 6.07 Å². The molecule has 0 radical (unpaired) electrons. The number of nitrogens with two attached hydrogens (primary N) is 1. The summed E-state index contributed by atoms with van der Waals surface area (Å²) in [5.41, 5.74) is 8.31. The number of hydrogen-bond donors (Lipinski definition) is 1. The molecular formula is C16H22FN3O. The Morgan fingerprint density at radius 3 is 2.71 bits per heavy atom. The molecule has 5 heteroatoms. The number of benzene rings is 1. The van der Waals surface area contributed by atoms with Gasteiger partial charge in [-0.2, -0.15) is 5.10 Å². The lowest BCUT2D eigenvalue weighted by Gasteiger charge is -2.08. The average Bonchev–Trinajstić information content (AvgIpc) is 2.83. The molecule has 0 spiro atoms. The minimum absolute atomic E-state index is 0.265. The number of ether oxygens (including phenoxy) is 1. The third kappa shape index (κ3) is 3.24. The molecule has 0 saturated heterocycles. The molecule has 0 atom stereocenters. The van der Waals surface area contributed by atoms with E-state index < -0.39 is 0 Å². The van der Waals surface area contributed by atoms with Crippen molar-refractivity contribution in [1.29, 1.82) is 0 Å². The Labute approximate surface area is 124 Å². The van der Waals surface area contributed by atoms with E-state index in [-0.39, 0.29) is 11.7 Å². The predicted octanol–water partition coefficient (Wildman–Crippen LogP) is 3.03. The third-order valence-corrected chi connectivity index (χ3v) is 3.39. The Balaban J connectivity index is 2.55. The smallest absolute Gasteiger partial charge is 0.219 e. The maximum absolute atomic E-state index is 13.5. The monoisotopic (exact) mass is 291 g/mol. The predicted molar refractivity (Wildman–Crippen MR) is 81.5 cm³/mol. The first-order valence-corrected chi connectivity index (χ1v) is 7.20. The molecule has 0 bridgehead atoms. The van der Waals surface area contributed by atoms with Gasteiger partial charge >= 0.3 is 0 Å². The Hall–Kier alpha value is -1.88. The van der Waals surface area contributed by atoms with Crippen molar-refractivity contribution in [3.63, 3.8) is 0 Å². The first-order valence-electron chi connectivity index (χ1n) is 7.20. The molecule has 2 N–H and O–H groups in total. The molecule has 21 heavy (non-hydrogen) atoms. The summed E-state index contributed by atoms with van der Waals surface area (Å²) in [6.07, 6.45) is 1.67. The molecule has 0 unspecified atom stereocenters. The summed E-state index contributed by atoms with van der Waals surface area (Å²) in [6.45, 7) is 4.79. The summed E-state index contributed by atoms with van der Waals surface area (Å²) in [5, 5.41) is 4.63. The molecule has 1 heterocycles. The zero-order valence-electron chi connectivity index (χ0n) is 12.8. The number of rotatable bonds is 6. The highest BCUT2D eigenvalue weighted by molar-refractivity contribution is 5.42. The van der Waals surface area contributed by atoms with E-state index >= 15 is 0 Å². The molecule has 0 amide bonds. The summed E-state index contributed by atoms with van der Waals surface area (Å²) in [6, 6.07) is 6.35. The van der Waals surface area contributed by atoms with Gasteiger partial charge < -0.3 is 10.5 Å². The van der Waals surface area contributed by atoms with Crippen molar-refractivity contribution in [3.05, 3.63) is 41.3 Å². The van der Waals surface area contributed by atoms with Crippen molar-refractivity contribution in [2.75, 3.05) is 13.7 Å². The number of halogens is 1. The summed E-state index contributed by atoms with van der Waals surface area (Å²) < 4.78 is 20.7. The van der Waals surface area contributed by atoms with Crippen molar-refractivity contribution in [3.8, 4) is 11.6 Å². The van der Waals surface area contributed by atoms with Gasteiger partial charge in [0.25, 0.3) is 0 Å². The van der Waals surface area contributed by atoms with E-state index in [2.05, 4.69) is 18.9 Å². The van der Waals surface area contributed by atoms with E-state index in [1.165, 1.54) is 12.1 Å². The van der Waals surface area contributed by atoms with Gasteiger partial charge in [0.2, 0.25) is 5.88 Å². The Kier molecular flexibility index (Phi) is 4.96. The van der Waals surface area contributed by atoms with Crippen molar-refractivity contribution < 1.29 is 9.13 Å². The highest BCUT2D eigenvalue weighted by Gasteiger charge is 2.21. The lowest BCUT2D eigenvalue weighted by Crippen LogP contribution is -2.03. The highest BCUT2D eigenvalue weighted by Crippen LogP contribution is 2.31. The van der Waals surface area contributed by atoms with Crippen LogP contribution in [0.4, 0.5) is 4.39 Å². The number of methoxy groups -OCH3 is 1. The fourth-order valence-corrected chi connectivity index (χ4v) is 2.42. The fourth-order valence-electron chi connectivity index (χ4n) is 2.42. The van der Waals surface area contributed by atoms with Crippen LogP contribution in [0.5, 0.6) is 5.88 Å². The molecule has 2 rings (SSSR count). The molecule has 0 aliphatic rings. The van der Waals surface area contributed by atoms with Gasteiger partial charge in [0, 0.05) is 5.56 Å². The zero-order valence-corrected chi connectivity index (χ0v) is 12.8. The standard InChI is InChI=1S/C16H22FN3O/c1-11(2)15-14(8-5-9-18)16(21-3)20(19-15)13-7-4-6-12(17)10-13/h4,6-7,10-11H,5,8-9,18H2,1-3H3. The Morgan fingerprint density at radius 2 is 2.14 bits per heavy atom. The van der Waals surface area contributed by atoms with Gasteiger partial charge in [-0.15, -0.1) is 0 Å². The minimum atomic E-state index is -0.292. The van der Waals surface area contributed by atoms with Crippen LogP contribution in [0, 0.1) is 5.82 Å². The highest BCUT2D eigenvalue weighted by atomic mass is 19.1. The normalized spacial score (nSPS) is 11.1. The van der Waals surface area contributed by atoms with Gasteiger partial charge in [-0.3, -0.25) is 0 Å². The maximum atomic E-state index is 13.5. The van der Waals surface area contributed by atoms with Crippen LogP contribution in [0.3, 0.4) is 0 Å². The van der Waals surface area contributed by atoms with E-state index in [0.29, 0.717) is 18.1 Å². The zero-order chi connectivity index (χ0) is 15.4. The van der Waals surface area contributed by atoms with Crippen LogP contribution in [0.2, 0.25) is 0 Å². The van der Waals surface area contributed by atoms with Crippen LogP contribution in [-0.4, -0.2) is 23.4 Å². The molecular weight excluding hydrogens is 269 g/mol. The van der Waals surface area contributed by atoms with E-state index in [0.717, 1.165) is 24.1 Å². The van der Waals surface area contributed by atoms with Crippen molar-refractivity contribution in [1.82, 2.24) is 9.78 Å². The van der Waals surface area contributed by atoms with Gasteiger partial charge in [-0.25, -0.2) is 9.07 Å². The van der Waals surface area contributed by atoms with E-state index in [9.17, 15) is 4.39 Å². The molecule has 4 nitrogen and oxygen atoms in total. The van der Waals surface area contributed by atoms with E-state index in [1.54, 1.807) is 17.9 Å². The second-order valence-corrected chi connectivity index (χ2v) is 5.31. The van der Waals surface area contributed by atoms with Crippen LogP contribution in [-0.2, 0) is 6.42 Å². The second kappa shape index (κ2) is 6.72. The number of nitrogens with zero attached hydrogens (tertiary/aromatic N) is 2. The topological polar surface area (TPSA) is 53.1 Å². The molecule has 2 aromatic rings. The first kappa shape index (κ1) is 15.5. The summed E-state index contributed by atoms with van der Waals surface area (Å²) in [7, 11) is 1.61. The Morgan fingerprint density at radius 1 is 1.38 bits per heavy atom. The quantitative estimate of drug-likeness (QED) is 0.890. The molecule has 114 valence electrons. The third-order valence-electron chi connectivity index (χ3n) is 3.39. The Bertz CT molecular complexity index is 608. The van der Waals surface area contributed by atoms with E-state index in [4.69, 9.17) is 10.5 Å². The molecule has 0 fully saturated rings. The lowest BCUT2D eigenvalue weighted by molar-refractivity contribution is 0.378. The van der Waals surface area contributed by atoms with Crippen LogP contribution in [0.25, 0.3) is 5.69 Å². The van der Waals surface area contributed by atoms with Gasteiger partial charge in [0.15, 0.2) is 0 Å². The van der Waals surface area contributed by atoms with Crippen LogP contribution in [0.15, 0.2) is 24.3 Å². The number of aromatic nitrogens is 2. The van der Waals surface area contributed by atoms with Crippen LogP contribution in [0.1, 0.15) is 37.4 Å². The van der Waals surface area contributed by atoms with Crippen molar-refractivity contribution >= 4 is 0 Å². The van der Waals surface area contributed by atoms with Crippen LogP contribution < -0.4 is 10.5 Å². The molecule has 0 saturated carbocycles. The fraction of sp³-hybridized carbons (Fsp3) is 0.438. The van der Waals surface area contributed by atoms with Gasteiger partial charge in [-0.05, 0) is 43.5 Å². The SMILES string of the molecule is COc1c(CCCN)c(C(C)C)nn1-c1cccc(F)c1. The van der Waals surface area contributed by atoms with Gasteiger partial charge in [0.05, 0.1) is 18.5 Å². The van der Waals surface area contributed by atoms with Crippen LogP contribution >= 0.6 is 0 Å². The summed E-state index contributed by atoms with van der Waals surface area (Å²) in [4.78, 5) is 0. The summed E-state index contributed by atoms with van der Waals surface area (Å²) in [5.74, 6) is 0.638. The summed E-state index contributed by atoms with van der Waals surface area (Å²) >= 11 is 0. The van der Waals surface area contributed by atoms with Gasteiger partial charge in [-0.1, -0.05) is 19.9 Å². The van der Waals surface area contributed by atoms with Crippen molar-refractivity contribution in [2.24, 2.45) is 5.73 Å². The maximum Gasteiger partial charge on any atom is 0.219 e. The second-order valence-electron chi connectivity index (χ2n) is 5.31. The first-order chi connectivity index (χ1) is 10.1. The van der Waals surface area contributed by atoms with Gasteiger partial charge in [0.1, 0.15) is 5.82 Å². The van der Waals surface area contributed by atoms with Crippen molar-refractivity contribution in [2.45, 2.75) is 32.6 Å². The minimum Gasteiger partial charge on any atom is -0.481 e. The molecule has 0 aliphatic heterocycles. The molecule has 1 aromatic heterocycles. The molecule has 0 aliphatic carbocycles. The number of hydrogen-bond acceptors (Lipinski definition) is 3.